The first-order valence-corrected chi connectivity index (χ1v) is 6.58. The molecule has 1 aromatic carbocycles. The van der Waals surface area contributed by atoms with Crippen molar-refractivity contribution in [3.05, 3.63) is 24.3 Å². The second-order valence-electron chi connectivity index (χ2n) is 4.86. The van der Waals surface area contributed by atoms with Crippen molar-refractivity contribution < 1.29 is 9.90 Å². The van der Waals surface area contributed by atoms with E-state index in [1.807, 2.05) is 0 Å². The number of rotatable bonds is 3. The van der Waals surface area contributed by atoms with Crippen LogP contribution in [0.3, 0.4) is 0 Å². The number of benzene rings is 1. The molecule has 1 aromatic rings. The Hall–Kier alpha value is -1.71. The molecular formula is C14H20N2O2. The molecule has 98 valence electrons. The van der Waals surface area contributed by atoms with Gasteiger partial charge in [-0.2, -0.15) is 0 Å². The van der Waals surface area contributed by atoms with Crippen molar-refractivity contribution in [2.24, 2.45) is 5.92 Å². The lowest BCUT2D eigenvalue weighted by atomic mass is 9.89. The van der Waals surface area contributed by atoms with Crippen molar-refractivity contribution in [1.82, 2.24) is 5.32 Å². The molecule has 0 atom stereocenters. The Kier molecular flexibility index (Phi) is 4.45. The Balaban J connectivity index is 1.76. The van der Waals surface area contributed by atoms with Gasteiger partial charge >= 0.3 is 6.03 Å². The van der Waals surface area contributed by atoms with E-state index < -0.39 is 0 Å². The molecule has 4 heteroatoms. The predicted molar refractivity (Wildman–Crippen MR) is 71.7 cm³/mol. The van der Waals surface area contributed by atoms with Crippen LogP contribution in [0.4, 0.5) is 10.5 Å². The van der Waals surface area contributed by atoms with Crippen LogP contribution >= 0.6 is 0 Å². The molecule has 1 fully saturated rings. The van der Waals surface area contributed by atoms with Crippen LogP contribution < -0.4 is 10.6 Å². The molecule has 18 heavy (non-hydrogen) atoms. The smallest absolute Gasteiger partial charge is 0.319 e. The molecule has 0 unspecified atom stereocenters. The zero-order valence-electron chi connectivity index (χ0n) is 10.5. The van der Waals surface area contributed by atoms with Crippen LogP contribution in [-0.4, -0.2) is 17.7 Å². The van der Waals surface area contributed by atoms with Crippen LogP contribution in [0.25, 0.3) is 0 Å². The van der Waals surface area contributed by atoms with Gasteiger partial charge in [-0.15, -0.1) is 0 Å². The molecule has 1 aliphatic carbocycles. The van der Waals surface area contributed by atoms with E-state index in [1.54, 1.807) is 24.3 Å². The Morgan fingerprint density at radius 2 is 1.94 bits per heavy atom. The average Bonchev–Trinajstić information content (AvgIpc) is 2.40. The number of anilines is 1. The normalized spacial score (nSPS) is 16.2. The highest BCUT2D eigenvalue weighted by Gasteiger charge is 2.14. The lowest BCUT2D eigenvalue weighted by Gasteiger charge is -2.21. The molecule has 2 rings (SSSR count). The lowest BCUT2D eigenvalue weighted by Crippen LogP contribution is -2.33. The van der Waals surface area contributed by atoms with Gasteiger partial charge in [0.25, 0.3) is 0 Å². The van der Waals surface area contributed by atoms with E-state index in [-0.39, 0.29) is 11.8 Å². The Morgan fingerprint density at radius 3 is 2.67 bits per heavy atom. The van der Waals surface area contributed by atoms with Gasteiger partial charge in [-0.05, 0) is 30.9 Å². The highest BCUT2D eigenvalue weighted by Crippen LogP contribution is 2.23. The summed E-state index contributed by atoms with van der Waals surface area (Å²) < 4.78 is 0. The van der Waals surface area contributed by atoms with Gasteiger partial charge in [0.05, 0.1) is 5.69 Å². The lowest BCUT2D eigenvalue weighted by molar-refractivity contribution is 0.247. The number of urea groups is 1. The second-order valence-corrected chi connectivity index (χ2v) is 4.86. The van der Waals surface area contributed by atoms with E-state index in [9.17, 15) is 9.90 Å². The van der Waals surface area contributed by atoms with Crippen LogP contribution in [-0.2, 0) is 0 Å². The summed E-state index contributed by atoms with van der Waals surface area (Å²) in [5, 5.41) is 15.1. The number of carbonyl (C=O) groups excluding carboxylic acids is 1. The fourth-order valence-corrected chi connectivity index (χ4v) is 2.37. The number of hydrogen-bond donors (Lipinski definition) is 3. The van der Waals surface area contributed by atoms with Crippen molar-refractivity contribution in [3.63, 3.8) is 0 Å². The largest absolute Gasteiger partial charge is 0.506 e. The maximum atomic E-state index is 11.7. The Labute approximate surface area is 107 Å². The van der Waals surface area contributed by atoms with Gasteiger partial charge in [-0.1, -0.05) is 31.4 Å². The van der Waals surface area contributed by atoms with E-state index in [0.29, 0.717) is 11.6 Å². The third-order valence-electron chi connectivity index (χ3n) is 3.43. The number of nitrogens with one attached hydrogen (secondary N) is 2. The average molecular weight is 248 g/mol. The molecule has 0 radical (unpaired) electrons. The quantitative estimate of drug-likeness (QED) is 0.720. The summed E-state index contributed by atoms with van der Waals surface area (Å²) in [5.74, 6) is 0.694. The Bertz CT molecular complexity index is 401. The van der Waals surface area contributed by atoms with Crippen LogP contribution in [0.1, 0.15) is 32.1 Å². The molecule has 1 aliphatic rings. The van der Waals surface area contributed by atoms with E-state index >= 15 is 0 Å². The first-order chi connectivity index (χ1) is 8.75. The number of phenolic OH excluding ortho intramolecular Hbond substituents is 1. The monoisotopic (exact) mass is 248 g/mol. The number of amides is 2. The molecule has 0 spiro atoms. The third kappa shape index (κ3) is 3.65. The summed E-state index contributed by atoms with van der Waals surface area (Å²) in [6, 6.07) is 6.48. The molecular weight excluding hydrogens is 228 g/mol. The highest BCUT2D eigenvalue weighted by molar-refractivity contribution is 5.90. The first-order valence-electron chi connectivity index (χ1n) is 6.58. The minimum absolute atomic E-state index is 0.0883. The molecule has 0 aliphatic heterocycles. The van der Waals surface area contributed by atoms with E-state index in [1.165, 1.54) is 32.1 Å². The van der Waals surface area contributed by atoms with Gasteiger partial charge in [0.1, 0.15) is 5.75 Å². The van der Waals surface area contributed by atoms with Crippen molar-refractivity contribution >= 4 is 11.7 Å². The number of hydrogen-bond acceptors (Lipinski definition) is 2. The molecule has 0 saturated heterocycles. The molecule has 1 saturated carbocycles. The highest BCUT2D eigenvalue weighted by atomic mass is 16.3. The number of phenols is 1. The molecule has 0 heterocycles. The Morgan fingerprint density at radius 1 is 1.22 bits per heavy atom. The summed E-state index contributed by atoms with van der Waals surface area (Å²) in [4.78, 5) is 11.7. The van der Waals surface area contributed by atoms with Crippen LogP contribution in [0.15, 0.2) is 24.3 Å². The molecule has 0 aromatic heterocycles. The van der Waals surface area contributed by atoms with Crippen molar-refractivity contribution in [2.75, 3.05) is 11.9 Å². The van der Waals surface area contributed by atoms with Crippen molar-refractivity contribution in [3.8, 4) is 5.75 Å². The van der Waals surface area contributed by atoms with Gasteiger partial charge in [0.2, 0.25) is 0 Å². The third-order valence-corrected chi connectivity index (χ3v) is 3.43. The van der Waals surface area contributed by atoms with Gasteiger partial charge in [0, 0.05) is 6.54 Å². The van der Waals surface area contributed by atoms with Gasteiger partial charge in [-0.3, -0.25) is 0 Å². The van der Waals surface area contributed by atoms with Crippen molar-refractivity contribution in [2.45, 2.75) is 32.1 Å². The molecule has 2 amide bonds. The minimum atomic E-state index is -0.248. The summed E-state index contributed by atoms with van der Waals surface area (Å²) in [6.07, 6.45) is 6.27. The maximum absolute atomic E-state index is 11.7. The zero-order chi connectivity index (χ0) is 12.8. The molecule has 3 N–H and O–H groups in total. The zero-order valence-corrected chi connectivity index (χ0v) is 10.5. The minimum Gasteiger partial charge on any atom is -0.506 e. The van der Waals surface area contributed by atoms with Crippen LogP contribution in [0.2, 0.25) is 0 Å². The number of para-hydroxylation sites is 2. The number of aromatic hydroxyl groups is 1. The van der Waals surface area contributed by atoms with Gasteiger partial charge < -0.3 is 15.7 Å². The van der Waals surface area contributed by atoms with Gasteiger partial charge in [0.15, 0.2) is 0 Å². The maximum Gasteiger partial charge on any atom is 0.319 e. The fourth-order valence-electron chi connectivity index (χ4n) is 2.37. The van der Waals surface area contributed by atoms with E-state index in [2.05, 4.69) is 10.6 Å². The standard InChI is InChI=1S/C14H20N2O2/c17-13-9-5-4-8-12(13)16-14(18)15-10-11-6-2-1-3-7-11/h4-5,8-9,11,17H,1-3,6-7,10H2,(H2,15,16,18). The summed E-state index contributed by atoms with van der Waals surface area (Å²) >= 11 is 0. The van der Waals surface area contributed by atoms with Crippen LogP contribution in [0, 0.1) is 5.92 Å². The van der Waals surface area contributed by atoms with E-state index in [0.717, 1.165) is 6.54 Å². The van der Waals surface area contributed by atoms with Crippen molar-refractivity contribution in [1.29, 1.82) is 0 Å². The topological polar surface area (TPSA) is 61.4 Å². The van der Waals surface area contributed by atoms with E-state index in [4.69, 9.17) is 0 Å². The fraction of sp³-hybridized carbons (Fsp3) is 0.500. The SMILES string of the molecule is O=C(NCC1CCCCC1)Nc1ccccc1O. The summed E-state index contributed by atoms with van der Waals surface area (Å²) in [5.41, 5.74) is 0.443. The first kappa shape index (κ1) is 12.7. The van der Waals surface area contributed by atoms with Crippen LogP contribution in [0.5, 0.6) is 5.75 Å². The summed E-state index contributed by atoms with van der Waals surface area (Å²) in [6.45, 7) is 0.722. The molecule has 4 nitrogen and oxygen atoms in total. The molecule has 0 bridgehead atoms. The predicted octanol–water partition coefficient (Wildman–Crippen LogP) is 3.09. The number of carbonyl (C=O) groups is 1. The van der Waals surface area contributed by atoms with Gasteiger partial charge in [-0.25, -0.2) is 4.79 Å². The summed E-state index contributed by atoms with van der Waals surface area (Å²) in [7, 11) is 0. The second kappa shape index (κ2) is 6.28.